The molecule has 1 fully saturated rings. The number of nitrogens with one attached hydrogen (secondary N) is 1. The third kappa shape index (κ3) is 5.26. The molecule has 0 atom stereocenters. The van der Waals surface area contributed by atoms with Gasteiger partial charge in [-0.05, 0) is 37.1 Å². The lowest BCUT2D eigenvalue weighted by Gasteiger charge is -2.16. The summed E-state index contributed by atoms with van der Waals surface area (Å²) in [7, 11) is 0. The van der Waals surface area contributed by atoms with Crippen molar-refractivity contribution in [2.45, 2.75) is 24.2 Å². The molecule has 1 N–H and O–H groups in total. The summed E-state index contributed by atoms with van der Waals surface area (Å²) in [6, 6.07) is 5.07. The van der Waals surface area contributed by atoms with Gasteiger partial charge in [0.05, 0.1) is 16.3 Å². The molecule has 1 amide bonds. The Balaban J connectivity index is 1.59. The van der Waals surface area contributed by atoms with Gasteiger partial charge in [0.15, 0.2) is 5.16 Å². The Labute approximate surface area is 163 Å². The Hall–Kier alpha value is -2.00. The molecular weight excluding hydrogens is 401 g/mol. The van der Waals surface area contributed by atoms with Gasteiger partial charge < -0.3 is 10.2 Å². The first-order valence-corrected chi connectivity index (χ1v) is 9.57. The van der Waals surface area contributed by atoms with Gasteiger partial charge in [0.1, 0.15) is 5.82 Å². The molecular formula is C17H16ClF3N4OS. The fourth-order valence-electron chi connectivity index (χ4n) is 2.67. The number of halogens is 4. The number of rotatable bonds is 5. The van der Waals surface area contributed by atoms with Crippen LogP contribution in [0.15, 0.2) is 35.6 Å². The van der Waals surface area contributed by atoms with Crippen LogP contribution in [0.1, 0.15) is 18.4 Å². The number of alkyl halides is 3. The number of amides is 1. The van der Waals surface area contributed by atoms with Crippen LogP contribution in [0.5, 0.6) is 0 Å². The third-order valence-corrected chi connectivity index (χ3v) is 5.13. The van der Waals surface area contributed by atoms with E-state index in [1.807, 2.05) is 6.07 Å². The van der Waals surface area contributed by atoms with E-state index in [1.54, 1.807) is 6.20 Å². The Morgan fingerprint density at radius 1 is 1.26 bits per heavy atom. The summed E-state index contributed by atoms with van der Waals surface area (Å²) in [5, 5.41) is 2.47. The smallest absolute Gasteiger partial charge is 0.356 e. The minimum absolute atomic E-state index is 0.0204. The molecule has 5 nitrogen and oxygen atoms in total. The number of carbonyl (C=O) groups is 1. The molecule has 1 aliphatic rings. The minimum atomic E-state index is -4.59. The quantitative estimate of drug-likeness (QED) is 0.575. The van der Waals surface area contributed by atoms with Crippen LogP contribution >= 0.6 is 23.4 Å². The zero-order valence-corrected chi connectivity index (χ0v) is 15.7. The fourth-order valence-corrected chi connectivity index (χ4v) is 3.52. The maximum atomic E-state index is 12.9. The van der Waals surface area contributed by atoms with Crippen LogP contribution in [0.25, 0.3) is 0 Å². The second kappa shape index (κ2) is 8.35. The van der Waals surface area contributed by atoms with E-state index in [-0.39, 0.29) is 11.4 Å². The number of nitrogens with zero attached hydrogens (tertiary/aromatic N) is 3. The highest BCUT2D eigenvalue weighted by atomic mass is 35.5. The predicted molar refractivity (Wildman–Crippen MR) is 99.3 cm³/mol. The summed E-state index contributed by atoms with van der Waals surface area (Å²) in [4.78, 5) is 22.8. The number of thioether (sulfide) groups is 1. The van der Waals surface area contributed by atoms with Crippen LogP contribution in [0.2, 0.25) is 5.02 Å². The van der Waals surface area contributed by atoms with E-state index in [4.69, 9.17) is 11.6 Å². The second-order valence-corrected chi connectivity index (χ2v) is 7.27. The van der Waals surface area contributed by atoms with Gasteiger partial charge >= 0.3 is 6.18 Å². The normalized spacial score (nSPS) is 14.4. The standard InChI is InChI=1S/C17H16ClF3N4OS/c18-13-4-3-11(9-12(13)17(19,20)21)23-15(26)10-27-16-22-6-5-14(24-16)25-7-1-2-8-25/h3-6,9H,1-2,7-8,10H2,(H,23,26). The lowest BCUT2D eigenvalue weighted by molar-refractivity contribution is -0.137. The molecule has 0 radical (unpaired) electrons. The maximum Gasteiger partial charge on any atom is 0.417 e. The number of carbonyl (C=O) groups excluding carboxylic acids is 1. The Bertz CT molecular complexity index is 828. The van der Waals surface area contributed by atoms with Crippen molar-refractivity contribution >= 4 is 40.8 Å². The molecule has 1 aromatic carbocycles. The number of hydrogen-bond acceptors (Lipinski definition) is 5. The lowest BCUT2D eigenvalue weighted by atomic mass is 10.2. The fraction of sp³-hybridized carbons (Fsp3) is 0.353. The molecule has 144 valence electrons. The molecule has 0 bridgehead atoms. The topological polar surface area (TPSA) is 58.1 Å². The van der Waals surface area contributed by atoms with Crippen molar-refractivity contribution in [3.8, 4) is 0 Å². The molecule has 27 heavy (non-hydrogen) atoms. The van der Waals surface area contributed by atoms with Crippen LogP contribution in [-0.4, -0.2) is 34.7 Å². The van der Waals surface area contributed by atoms with E-state index < -0.39 is 22.7 Å². The van der Waals surface area contributed by atoms with Gasteiger partial charge in [-0.25, -0.2) is 9.97 Å². The zero-order chi connectivity index (χ0) is 19.4. The highest BCUT2D eigenvalue weighted by Gasteiger charge is 2.33. The average Bonchev–Trinajstić information content (AvgIpc) is 3.16. The number of benzene rings is 1. The lowest BCUT2D eigenvalue weighted by Crippen LogP contribution is -2.19. The molecule has 10 heteroatoms. The van der Waals surface area contributed by atoms with Crippen molar-refractivity contribution in [2.75, 3.05) is 29.1 Å². The number of aromatic nitrogens is 2. The monoisotopic (exact) mass is 416 g/mol. The zero-order valence-electron chi connectivity index (χ0n) is 14.1. The van der Waals surface area contributed by atoms with Gasteiger partial charge in [0.25, 0.3) is 0 Å². The van der Waals surface area contributed by atoms with E-state index in [0.717, 1.165) is 55.6 Å². The number of anilines is 2. The van der Waals surface area contributed by atoms with Gasteiger partial charge in [-0.15, -0.1) is 0 Å². The van der Waals surface area contributed by atoms with Crippen LogP contribution in [0.3, 0.4) is 0 Å². The second-order valence-electron chi connectivity index (χ2n) is 5.92. The van der Waals surface area contributed by atoms with Crippen LogP contribution in [0, 0.1) is 0 Å². The highest BCUT2D eigenvalue weighted by molar-refractivity contribution is 7.99. The van der Waals surface area contributed by atoms with Crippen molar-refractivity contribution in [3.05, 3.63) is 41.0 Å². The van der Waals surface area contributed by atoms with Crippen molar-refractivity contribution < 1.29 is 18.0 Å². The summed E-state index contributed by atoms with van der Waals surface area (Å²) in [5.41, 5.74) is -0.958. The van der Waals surface area contributed by atoms with Crippen LogP contribution in [-0.2, 0) is 11.0 Å². The van der Waals surface area contributed by atoms with E-state index in [9.17, 15) is 18.0 Å². The van der Waals surface area contributed by atoms with Crippen molar-refractivity contribution in [1.82, 2.24) is 9.97 Å². The summed E-state index contributed by atoms with van der Waals surface area (Å²) >= 11 is 6.69. The minimum Gasteiger partial charge on any atom is -0.356 e. The SMILES string of the molecule is O=C(CSc1nccc(N2CCCC2)n1)Nc1ccc(Cl)c(C(F)(F)F)c1. The molecule has 1 saturated heterocycles. The molecule has 0 saturated carbocycles. The first-order valence-electron chi connectivity index (χ1n) is 8.20. The van der Waals surface area contributed by atoms with E-state index >= 15 is 0 Å². The molecule has 2 heterocycles. The van der Waals surface area contributed by atoms with Crippen molar-refractivity contribution in [2.24, 2.45) is 0 Å². The summed E-state index contributed by atoms with van der Waals surface area (Å²) in [5.74, 6) is 0.344. The highest BCUT2D eigenvalue weighted by Crippen LogP contribution is 2.36. The first kappa shape index (κ1) is 19.8. The summed E-state index contributed by atoms with van der Waals surface area (Å²) in [6.45, 7) is 1.89. The summed E-state index contributed by atoms with van der Waals surface area (Å²) in [6.07, 6.45) is -0.710. The van der Waals surface area contributed by atoms with Gasteiger partial charge in [-0.1, -0.05) is 23.4 Å². The molecule has 0 spiro atoms. The molecule has 1 aromatic heterocycles. The Morgan fingerprint density at radius 2 is 2.00 bits per heavy atom. The van der Waals surface area contributed by atoms with E-state index in [1.165, 1.54) is 6.07 Å². The van der Waals surface area contributed by atoms with Gasteiger partial charge in [0.2, 0.25) is 5.91 Å². The molecule has 0 unspecified atom stereocenters. The third-order valence-electron chi connectivity index (χ3n) is 3.94. The predicted octanol–water partition coefficient (Wildman–Crippen LogP) is 4.48. The van der Waals surface area contributed by atoms with Gasteiger partial charge in [-0.3, -0.25) is 4.79 Å². The van der Waals surface area contributed by atoms with Crippen molar-refractivity contribution in [1.29, 1.82) is 0 Å². The Morgan fingerprint density at radius 3 is 2.70 bits per heavy atom. The van der Waals surface area contributed by atoms with Gasteiger partial charge in [-0.2, -0.15) is 13.2 Å². The molecule has 2 aromatic rings. The summed E-state index contributed by atoms with van der Waals surface area (Å²) < 4.78 is 38.6. The van der Waals surface area contributed by atoms with Crippen LogP contribution in [0.4, 0.5) is 24.7 Å². The maximum absolute atomic E-state index is 12.9. The van der Waals surface area contributed by atoms with Gasteiger partial charge in [0, 0.05) is 25.0 Å². The number of hydrogen-bond donors (Lipinski definition) is 1. The molecule has 0 aliphatic carbocycles. The average molecular weight is 417 g/mol. The van der Waals surface area contributed by atoms with E-state index in [2.05, 4.69) is 20.2 Å². The van der Waals surface area contributed by atoms with Crippen LogP contribution < -0.4 is 10.2 Å². The largest absolute Gasteiger partial charge is 0.417 e. The van der Waals surface area contributed by atoms with E-state index in [0.29, 0.717) is 5.16 Å². The Kier molecular flexibility index (Phi) is 6.11. The molecule has 1 aliphatic heterocycles. The first-order chi connectivity index (χ1) is 12.8. The molecule has 3 rings (SSSR count). The van der Waals surface area contributed by atoms with Crippen molar-refractivity contribution in [3.63, 3.8) is 0 Å².